The van der Waals surface area contributed by atoms with Crippen LogP contribution >= 0.6 is 0 Å². The largest absolute Gasteiger partial charge is 0.468 e. The zero-order valence-electron chi connectivity index (χ0n) is 12.3. The third-order valence-corrected chi connectivity index (χ3v) is 3.57. The Balaban J connectivity index is 2.18. The summed E-state index contributed by atoms with van der Waals surface area (Å²) in [5.74, 6) is 1.15. The van der Waals surface area contributed by atoms with Gasteiger partial charge in [0.1, 0.15) is 11.6 Å². The molecule has 1 aromatic carbocycles. The number of hydrogen-bond donors (Lipinski definition) is 1. The van der Waals surface area contributed by atoms with Gasteiger partial charge in [-0.05, 0) is 42.2 Å². The van der Waals surface area contributed by atoms with Crippen LogP contribution in [0.2, 0.25) is 0 Å². The van der Waals surface area contributed by atoms with Crippen molar-refractivity contribution in [1.82, 2.24) is 5.32 Å². The summed E-state index contributed by atoms with van der Waals surface area (Å²) < 4.78 is 18.6. The lowest BCUT2D eigenvalue weighted by Gasteiger charge is -2.27. The first kappa shape index (κ1) is 14.8. The first-order valence-electron chi connectivity index (χ1n) is 7.16. The highest BCUT2D eigenvalue weighted by Crippen LogP contribution is 2.27. The zero-order valence-corrected chi connectivity index (χ0v) is 12.3. The van der Waals surface area contributed by atoms with Crippen molar-refractivity contribution in [3.8, 4) is 0 Å². The SMILES string of the molecule is CCC(NC(c1ccc(F)cc1)C(C)C)c1ccco1. The lowest BCUT2D eigenvalue weighted by atomic mass is 9.94. The van der Waals surface area contributed by atoms with Gasteiger partial charge < -0.3 is 9.73 Å². The highest BCUT2D eigenvalue weighted by atomic mass is 19.1. The fraction of sp³-hybridized carbons (Fsp3) is 0.412. The maximum absolute atomic E-state index is 13.1. The summed E-state index contributed by atoms with van der Waals surface area (Å²) in [5, 5.41) is 3.63. The molecular weight excluding hydrogens is 253 g/mol. The third kappa shape index (κ3) is 3.48. The van der Waals surface area contributed by atoms with Crippen molar-refractivity contribution >= 4 is 0 Å². The van der Waals surface area contributed by atoms with Crippen molar-refractivity contribution in [2.45, 2.75) is 39.3 Å². The van der Waals surface area contributed by atoms with E-state index >= 15 is 0 Å². The number of furan rings is 1. The fourth-order valence-corrected chi connectivity index (χ4v) is 2.45. The Hall–Kier alpha value is -1.61. The predicted molar refractivity (Wildman–Crippen MR) is 78.9 cm³/mol. The molecule has 0 bridgehead atoms. The van der Waals surface area contributed by atoms with Crippen LogP contribution in [0, 0.1) is 11.7 Å². The van der Waals surface area contributed by atoms with Gasteiger partial charge in [0, 0.05) is 6.04 Å². The van der Waals surface area contributed by atoms with Gasteiger partial charge in [-0.1, -0.05) is 32.9 Å². The van der Waals surface area contributed by atoms with Crippen LogP contribution < -0.4 is 5.32 Å². The van der Waals surface area contributed by atoms with Crippen molar-refractivity contribution in [3.63, 3.8) is 0 Å². The molecule has 2 rings (SSSR count). The maximum Gasteiger partial charge on any atom is 0.123 e. The monoisotopic (exact) mass is 275 g/mol. The molecule has 0 spiro atoms. The summed E-state index contributed by atoms with van der Waals surface area (Å²) in [4.78, 5) is 0. The molecule has 0 aliphatic heterocycles. The van der Waals surface area contributed by atoms with Gasteiger partial charge in [0.2, 0.25) is 0 Å². The summed E-state index contributed by atoms with van der Waals surface area (Å²) in [6.45, 7) is 6.45. The van der Waals surface area contributed by atoms with Crippen molar-refractivity contribution in [2.24, 2.45) is 5.92 Å². The molecule has 0 fully saturated rings. The minimum absolute atomic E-state index is 0.169. The summed E-state index contributed by atoms with van der Waals surface area (Å²) in [6, 6.07) is 11.0. The van der Waals surface area contributed by atoms with Crippen LogP contribution in [0.5, 0.6) is 0 Å². The molecule has 0 saturated carbocycles. The number of hydrogen-bond acceptors (Lipinski definition) is 2. The first-order valence-corrected chi connectivity index (χ1v) is 7.16. The molecule has 0 radical (unpaired) electrons. The van der Waals surface area contributed by atoms with Gasteiger partial charge in [0.05, 0.1) is 12.3 Å². The van der Waals surface area contributed by atoms with E-state index in [9.17, 15) is 4.39 Å². The normalized spacial score (nSPS) is 14.4. The molecule has 0 amide bonds. The van der Waals surface area contributed by atoms with Crippen molar-refractivity contribution in [3.05, 3.63) is 59.8 Å². The van der Waals surface area contributed by atoms with E-state index in [0.29, 0.717) is 5.92 Å². The molecule has 0 saturated heterocycles. The molecule has 2 unspecified atom stereocenters. The van der Waals surface area contributed by atoms with Crippen LogP contribution in [0.4, 0.5) is 4.39 Å². The minimum atomic E-state index is -0.200. The predicted octanol–water partition coefficient (Wildman–Crippen LogP) is 4.86. The number of benzene rings is 1. The lowest BCUT2D eigenvalue weighted by Crippen LogP contribution is -2.29. The van der Waals surface area contributed by atoms with Gasteiger partial charge in [-0.15, -0.1) is 0 Å². The second kappa shape index (κ2) is 6.71. The summed E-state index contributed by atoms with van der Waals surface area (Å²) in [5.41, 5.74) is 1.10. The fourth-order valence-electron chi connectivity index (χ4n) is 2.45. The first-order chi connectivity index (χ1) is 9.61. The molecule has 20 heavy (non-hydrogen) atoms. The highest BCUT2D eigenvalue weighted by molar-refractivity contribution is 5.21. The molecule has 0 aliphatic rings. The Morgan fingerprint density at radius 1 is 1.15 bits per heavy atom. The molecule has 2 aromatic rings. The van der Waals surface area contributed by atoms with E-state index < -0.39 is 0 Å². The van der Waals surface area contributed by atoms with Crippen molar-refractivity contribution in [2.75, 3.05) is 0 Å². The molecule has 2 nitrogen and oxygen atoms in total. The zero-order chi connectivity index (χ0) is 14.5. The van der Waals surface area contributed by atoms with Gasteiger partial charge in [0.25, 0.3) is 0 Å². The average molecular weight is 275 g/mol. The van der Waals surface area contributed by atoms with E-state index in [-0.39, 0.29) is 17.9 Å². The molecule has 108 valence electrons. The maximum atomic E-state index is 13.1. The quantitative estimate of drug-likeness (QED) is 0.814. The summed E-state index contributed by atoms with van der Waals surface area (Å²) >= 11 is 0. The van der Waals surface area contributed by atoms with E-state index in [4.69, 9.17) is 4.42 Å². The molecule has 0 aliphatic carbocycles. The average Bonchev–Trinajstić information content (AvgIpc) is 2.95. The van der Waals surface area contributed by atoms with Crippen LogP contribution in [0.1, 0.15) is 50.6 Å². The Bertz CT molecular complexity index is 504. The van der Waals surface area contributed by atoms with E-state index in [1.54, 1.807) is 6.26 Å². The topological polar surface area (TPSA) is 25.2 Å². The highest BCUT2D eigenvalue weighted by Gasteiger charge is 2.21. The summed E-state index contributed by atoms with van der Waals surface area (Å²) in [6.07, 6.45) is 2.64. The number of rotatable bonds is 6. The smallest absolute Gasteiger partial charge is 0.123 e. The third-order valence-electron chi connectivity index (χ3n) is 3.57. The lowest BCUT2D eigenvalue weighted by molar-refractivity contribution is 0.321. The second-order valence-corrected chi connectivity index (χ2v) is 5.42. The van der Waals surface area contributed by atoms with Crippen LogP contribution in [0.15, 0.2) is 47.1 Å². The van der Waals surface area contributed by atoms with Crippen LogP contribution in [0.25, 0.3) is 0 Å². The van der Waals surface area contributed by atoms with E-state index in [2.05, 4.69) is 26.1 Å². The molecule has 1 N–H and O–H groups in total. The molecule has 2 atom stereocenters. The van der Waals surface area contributed by atoms with Crippen LogP contribution in [-0.4, -0.2) is 0 Å². The van der Waals surface area contributed by atoms with Gasteiger partial charge in [-0.2, -0.15) is 0 Å². The van der Waals surface area contributed by atoms with E-state index in [0.717, 1.165) is 17.7 Å². The summed E-state index contributed by atoms with van der Waals surface area (Å²) in [7, 11) is 0. The minimum Gasteiger partial charge on any atom is -0.468 e. The standard InChI is InChI=1S/C17H22FNO/c1-4-15(16-6-5-11-20-16)19-17(12(2)3)13-7-9-14(18)10-8-13/h5-12,15,17,19H,4H2,1-3H3. The number of halogens is 1. The molecule has 3 heteroatoms. The number of nitrogens with one attached hydrogen (secondary N) is 1. The van der Waals surface area contributed by atoms with Gasteiger partial charge in [0.15, 0.2) is 0 Å². The molecule has 1 heterocycles. The second-order valence-electron chi connectivity index (χ2n) is 5.42. The Morgan fingerprint density at radius 3 is 2.35 bits per heavy atom. The Morgan fingerprint density at radius 2 is 1.85 bits per heavy atom. The Kier molecular flexibility index (Phi) is 4.96. The van der Waals surface area contributed by atoms with Crippen LogP contribution in [-0.2, 0) is 0 Å². The van der Waals surface area contributed by atoms with Gasteiger partial charge in [-0.3, -0.25) is 0 Å². The molecular formula is C17H22FNO. The van der Waals surface area contributed by atoms with Gasteiger partial charge >= 0.3 is 0 Å². The van der Waals surface area contributed by atoms with Gasteiger partial charge in [-0.25, -0.2) is 4.39 Å². The van der Waals surface area contributed by atoms with Crippen molar-refractivity contribution < 1.29 is 8.81 Å². The van der Waals surface area contributed by atoms with E-state index in [1.165, 1.54) is 12.1 Å². The van der Waals surface area contributed by atoms with Crippen molar-refractivity contribution in [1.29, 1.82) is 0 Å². The Labute approximate surface area is 120 Å². The van der Waals surface area contributed by atoms with E-state index in [1.807, 2.05) is 24.3 Å². The van der Waals surface area contributed by atoms with Crippen LogP contribution in [0.3, 0.4) is 0 Å². The molecule has 1 aromatic heterocycles.